The second-order valence-corrected chi connectivity index (χ2v) is 7.93. The number of allylic oxidation sites excluding steroid dienone is 2. The molecule has 3 aliphatic rings. The summed E-state index contributed by atoms with van der Waals surface area (Å²) in [4.78, 5) is 49.5. The molecule has 2 bridgehead atoms. The third-order valence-corrected chi connectivity index (χ3v) is 6.25. The van der Waals surface area contributed by atoms with Crippen molar-refractivity contribution in [2.75, 3.05) is 4.90 Å². The number of hydrogen-bond donors (Lipinski definition) is 2. The molecule has 0 radical (unpaired) electrons. The summed E-state index contributed by atoms with van der Waals surface area (Å²) in [5.41, 5.74) is -0.261. The summed E-state index contributed by atoms with van der Waals surface area (Å²) in [6.45, 7) is 0. The third kappa shape index (κ3) is 2.91. The van der Waals surface area contributed by atoms with Crippen LogP contribution in [0, 0.1) is 23.7 Å². The molecule has 2 fully saturated rings. The number of fused-ring (bicyclic) bond motifs is 5. The molecule has 1 saturated carbocycles. The van der Waals surface area contributed by atoms with Crippen molar-refractivity contribution in [1.29, 1.82) is 0 Å². The highest BCUT2D eigenvalue weighted by atomic mass is 16.5. The van der Waals surface area contributed by atoms with Crippen molar-refractivity contribution in [2.45, 2.75) is 6.42 Å². The zero-order chi connectivity index (χ0) is 21.9. The molecule has 31 heavy (non-hydrogen) atoms. The zero-order valence-electron chi connectivity index (χ0n) is 16.1. The van der Waals surface area contributed by atoms with Gasteiger partial charge >= 0.3 is 11.9 Å². The van der Waals surface area contributed by atoms with E-state index in [-0.39, 0.29) is 52.4 Å². The molecule has 0 spiro atoms. The van der Waals surface area contributed by atoms with Gasteiger partial charge in [-0.3, -0.25) is 14.5 Å². The zero-order valence-corrected chi connectivity index (χ0v) is 16.1. The van der Waals surface area contributed by atoms with E-state index in [0.717, 1.165) is 18.6 Å². The smallest absolute Gasteiger partial charge is 0.336 e. The molecule has 1 saturated heterocycles. The fraction of sp³-hybridized carbons (Fsp3) is 0.217. The first kappa shape index (κ1) is 19.0. The van der Waals surface area contributed by atoms with Crippen LogP contribution in [0.25, 0.3) is 0 Å². The second-order valence-electron chi connectivity index (χ2n) is 7.93. The van der Waals surface area contributed by atoms with Crippen LogP contribution in [0.3, 0.4) is 0 Å². The third-order valence-electron chi connectivity index (χ3n) is 6.25. The monoisotopic (exact) mass is 419 g/mol. The van der Waals surface area contributed by atoms with Crippen molar-refractivity contribution in [1.82, 2.24) is 0 Å². The SMILES string of the molecule is O=C(O)c1ccc(Oc2ccc(N3C(=O)C4C5C=CC(C5)C4C3=O)cc2)cc1C(=O)O. The minimum absolute atomic E-state index is 0.135. The number of aromatic carboxylic acids is 2. The number of amides is 2. The van der Waals surface area contributed by atoms with Crippen LogP contribution < -0.4 is 9.64 Å². The summed E-state index contributed by atoms with van der Waals surface area (Å²) >= 11 is 0. The lowest BCUT2D eigenvalue weighted by molar-refractivity contribution is -0.123. The number of rotatable bonds is 5. The molecule has 2 aromatic carbocycles. The van der Waals surface area contributed by atoms with Crippen molar-refractivity contribution < 1.29 is 34.1 Å². The number of carboxylic acids is 2. The van der Waals surface area contributed by atoms with Crippen LogP contribution in [0.4, 0.5) is 5.69 Å². The van der Waals surface area contributed by atoms with Gasteiger partial charge in [0.15, 0.2) is 0 Å². The van der Waals surface area contributed by atoms with Crippen molar-refractivity contribution in [3.63, 3.8) is 0 Å². The van der Waals surface area contributed by atoms with E-state index in [2.05, 4.69) is 0 Å². The number of ether oxygens (including phenoxy) is 1. The van der Waals surface area contributed by atoms with Crippen LogP contribution in [0.5, 0.6) is 11.5 Å². The molecule has 156 valence electrons. The number of benzene rings is 2. The van der Waals surface area contributed by atoms with Crippen LogP contribution in [0.2, 0.25) is 0 Å². The van der Waals surface area contributed by atoms with E-state index in [0.29, 0.717) is 11.4 Å². The van der Waals surface area contributed by atoms with Crippen LogP contribution >= 0.6 is 0 Å². The highest BCUT2D eigenvalue weighted by Gasteiger charge is 2.59. The Hall–Kier alpha value is -3.94. The Labute approximate surface area is 176 Å². The van der Waals surface area contributed by atoms with Gasteiger partial charge in [0.05, 0.1) is 28.7 Å². The minimum Gasteiger partial charge on any atom is -0.478 e. The topological polar surface area (TPSA) is 121 Å². The van der Waals surface area contributed by atoms with E-state index in [9.17, 15) is 24.3 Å². The van der Waals surface area contributed by atoms with Gasteiger partial charge in [0.25, 0.3) is 0 Å². The number of nitrogens with zero attached hydrogens (tertiary/aromatic N) is 1. The molecule has 1 aliphatic heterocycles. The van der Waals surface area contributed by atoms with Gasteiger partial charge in [-0.1, -0.05) is 12.2 Å². The lowest BCUT2D eigenvalue weighted by Gasteiger charge is -2.17. The van der Waals surface area contributed by atoms with E-state index in [1.54, 1.807) is 24.3 Å². The normalized spacial score (nSPS) is 25.7. The summed E-state index contributed by atoms with van der Waals surface area (Å²) in [7, 11) is 0. The fourth-order valence-corrected chi connectivity index (χ4v) is 4.91. The van der Waals surface area contributed by atoms with Crippen LogP contribution in [-0.2, 0) is 9.59 Å². The summed E-state index contributed by atoms with van der Waals surface area (Å²) in [6, 6.07) is 10.0. The summed E-state index contributed by atoms with van der Waals surface area (Å²) in [5.74, 6) is -2.84. The van der Waals surface area contributed by atoms with Gasteiger partial charge in [0.1, 0.15) is 11.5 Å². The summed E-state index contributed by atoms with van der Waals surface area (Å²) in [6.07, 6.45) is 4.95. The molecule has 2 aliphatic carbocycles. The lowest BCUT2D eigenvalue weighted by atomic mass is 9.85. The van der Waals surface area contributed by atoms with E-state index < -0.39 is 11.9 Å². The van der Waals surface area contributed by atoms with Crippen LogP contribution in [0.1, 0.15) is 27.1 Å². The van der Waals surface area contributed by atoms with Gasteiger partial charge in [-0.05, 0) is 60.7 Å². The Kier molecular flexibility index (Phi) is 4.18. The number of carboxylic acid groups (broad SMARTS) is 2. The van der Waals surface area contributed by atoms with Gasteiger partial charge in [0.2, 0.25) is 11.8 Å². The van der Waals surface area contributed by atoms with Crippen molar-refractivity contribution in [2.24, 2.45) is 23.7 Å². The first-order chi connectivity index (χ1) is 14.8. The Bertz CT molecular complexity index is 1140. The standard InChI is InChI=1S/C23H17NO7/c25-20-18-11-1-2-12(9-11)19(18)21(26)24(20)13-3-5-14(6-4-13)31-15-7-8-16(22(27)28)17(10-15)23(29)30/h1-8,10-12,18-19H,9H2,(H,27,28)(H,29,30). The molecule has 4 atom stereocenters. The van der Waals surface area contributed by atoms with Crippen molar-refractivity contribution in [3.05, 3.63) is 65.7 Å². The fourth-order valence-electron chi connectivity index (χ4n) is 4.91. The molecule has 2 aromatic rings. The first-order valence-corrected chi connectivity index (χ1v) is 9.80. The number of anilines is 1. The molecular weight excluding hydrogens is 402 g/mol. The first-order valence-electron chi connectivity index (χ1n) is 9.80. The van der Waals surface area contributed by atoms with Gasteiger partial charge < -0.3 is 14.9 Å². The molecule has 5 rings (SSSR count). The Morgan fingerprint density at radius 1 is 0.806 bits per heavy atom. The molecular formula is C23H17NO7. The Morgan fingerprint density at radius 2 is 1.35 bits per heavy atom. The predicted molar refractivity (Wildman–Crippen MR) is 107 cm³/mol. The molecule has 4 unspecified atom stereocenters. The van der Waals surface area contributed by atoms with Crippen molar-refractivity contribution >= 4 is 29.4 Å². The Balaban J connectivity index is 1.36. The quantitative estimate of drug-likeness (QED) is 0.564. The number of imide groups is 1. The minimum atomic E-state index is -1.38. The molecule has 0 aromatic heterocycles. The van der Waals surface area contributed by atoms with E-state index >= 15 is 0 Å². The van der Waals surface area contributed by atoms with Crippen LogP contribution in [-0.4, -0.2) is 34.0 Å². The highest BCUT2D eigenvalue weighted by Crippen LogP contribution is 2.53. The van der Waals surface area contributed by atoms with E-state index in [4.69, 9.17) is 9.84 Å². The highest BCUT2D eigenvalue weighted by molar-refractivity contribution is 6.22. The molecule has 1 heterocycles. The maximum Gasteiger partial charge on any atom is 0.336 e. The molecule has 8 heteroatoms. The average Bonchev–Trinajstić information content (AvgIpc) is 3.42. The average molecular weight is 419 g/mol. The van der Waals surface area contributed by atoms with Gasteiger partial charge in [-0.15, -0.1) is 0 Å². The number of carbonyl (C=O) groups is 4. The van der Waals surface area contributed by atoms with Gasteiger partial charge in [-0.2, -0.15) is 0 Å². The number of carbonyl (C=O) groups excluding carboxylic acids is 2. The largest absolute Gasteiger partial charge is 0.478 e. The molecule has 8 nitrogen and oxygen atoms in total. The van der Waals surface area contributed by atoms with E-state index in [1.165, 1.54) is 11.0 Å². The summed E-state index contributed by atoms with van der Waals surface area (Å²) in [5, 5.41) is 18.3. The second kappa shape index (κ2) is 6.80. The molecule has 2 amide bonds. The summed E-state index contributed by atoms with van der Waals surface area (Å²) < 4.78 is 5.64. The van der Waals surface area contributed by atoms with E-state index in [1.807, 2.05) is 12.2 Å². The number of hydrogen-bond acceptors (Lipinski definition) is 5. The Morgan fingerprint density at radius 3 is 1.90 bits per heavy atom. The van der Waals surface area contributed by atoms with Gasteiger partial charge in [-0.25, -0.2) is 9.59 Å². The maximum atomic E-state index is 12.9. The predicted octanol–water partition coefficient (Wildman–Crippen LogP) is 3.19. The molecule has 2 N–H and O–H groups in total. The van der Waals surface area contributed by atoms with Gasteiger partial charge in [0, 0.05) is 0 Å². The van der Waals surface area contributed by atoms with Crippen LogP contribution in [0.15, 0.2) is 54.6 Å². The van der Waals surface area contributed by atoms with Crippen molar-refractivity contribution in [3.8, 4) is 11.5 Å². The lowest BCUT2D eigenvalue weighted by Crippen LogP contribution is -2.32. The maximum absolute atomic E-state index is 12.9.